The Hall–Kier alpha value is -2.21. The van der Waals surface area contributed by atoms with E-state index in [1.165, 1.54) is 11.3 Å². The lowest BCUT2D eigenvalue weighted by atomic mass is 10.1. The molecule has 0 radical (unpaired) electrons. The Balaban J connectivity index is 1.54. The van der Waals surface area contributed by atoms with Crippen LogP contribution < -0.4 is 4.90 Å². The maximum atomic E-state index is 12.3. The first-order valence-corrected chi connectivity index (χ1v) is 8.13. The summed E-state index contributed by atoms with van der Waals surface area (Å²) >= 11 is 1.44. The van der Waals surface area contributed by atoms with Crippen molar-refractivity contribution in [1.82, 2.24) is 9.88 Å². The molecule has 1 aromatic carbocycles. The number of benzene rings is 1. The molecule has 2 amide bonds. The van der Waals surface area contributed by atoms with Crippen LogP contribution in [-0.4, -0.2) is 41.3 Å². The zero-order valence-electron chi connectivity index (χ0n) is 12.1. The largest absolute Gasteiger partial charge is 0.332 e. The molecular formula is C16H17N3O2S. The van der Waals surface area contributed by atoms with Gasteiger partial charge in [0, 0.05) is 31.1 Å². The molecule has 114 valence electrons. The fraction of sp³-hybridized carbons (Fsp3) is 0.312. The predicted octanol–water partition coefficient (Wildman–Crippen LogP) is 1.95. The van der Waals surface area contributed by atoms with Crippen LogP contribution in [-0.2, 0) is 16.0 Å². The third-order valence-electron chi connectivity index (χ3n) is 3.69. The number of rotatable bonds is 4. The minimum Gasteiger partial charge on any atom is -0.332 e. The molecule has 5 nitrogen and oxygen atoms in total. The zero-order chi connectivity index (χ0) is 15.4. The monoisotopic (exact) mass is 315 g/mol. The number of anilines is 1. The van der Waals surface area contributed by atoms with E-state index in [1.807, 2.05) is 35.7 Å². The Labute approximate surface area is 133 Å². The molecular weight excluding hydrogens is 298 g/mol. The number of hydrogen-bond acceptors (Lipinski definition) is 4. The van der Waals surface area contributed by atoms with Crippen molar-refractivity contribution in [2.75, 3.05) is 24.5 Å². The van der Waals surface area contributed by atoms with Gasteiger partial charge < -0.3 is 4.90 Å². The number of carbonyl (C=O) groups excluding carboxylic acids is 2. The summed E-state index contributed by atoms with van der Waals surface area (Å²) in [6, 6.07) is 9.92. The molecule has 2 aromatic rings. The number of aromatic nitrogens is 1. The molecule has 0 bridgehead atoms. The predicted molar refractivity (Wildman–Crippen MR) is 85.8 cm³/mol. The van der Waals surface area contributed by atoms with Crippen molar-refractivity contribution in [3.8, 4) is 0 Å². The second-order valence-electron chi connectivity index (χ2n) is 5.16. The number of thiazole rings is 1. The standard InChI is InChI=1S/C16H17N3O2S/c20-14(7-6-13-4-2-1-3-5-13)18-9-10-19(15(21)12-18)16-17-8-11-22-16/h1-5,8,11H,6-7,9-10,12H2. The topological polar surface area (TPSA) is 53.5 Å². The lowest BCUT2D eigenvalue weighted by molar-refractivity contribution is -0.136. The normalized spacial score (nSPS) is 15.2. The van der Waals surface area contributed by atoms with E-state index in [2.05, 4.69) is 4.98 Å². The van der Waals surface area contributed by atoms with Crippen LogP contribution in [0.15, 0.2) is 41.9 Å². The summed E-state index contributed by atoms with van der Waals surface area (Å²) in [6.07, 6.45) is 2.83. The third-order valence-corrected chi connectivity index (χ3v) is 4.49. The van der Waals surface area contributed by atoms with Gasteiger partial charge in [0.1, 0.15) is 6.54 Å². The van der Waals surface area contributed by atoms with Gasteiger partial charge in [-0.05, 0) is 12.0 Å². The van der Waals surface area contributed by atoms with E-state index >= 15 is 0 Å². The van der Waals surface area contributed by atoms with Gasteiger partial charge in [-0.1, -0.05) is 30.3 Å². The van der Waals surface area contributed by atoms with Gasteiger partial charge in [0.25, 0.3) is 0 Å². The number of carbonyl (C=O) groups is 2. The van der Waals surface area contributed by atoms with Crippen LogP contribution in [0, 0.1) is 0 Å². The zero-order valence-corrected chi connectivity index (χ0v) is 13.0. The second-order valence-corrected chi connectivity index (χ2v) is 6.03. The van der Waals surface area contributed by atoms with Crippen LogP contribution in [0.3, 0.4) is 0 Å². The van der Waals surface area contributed by atoms with Gasteiger partial charge >= 0.3 is 0 Å². The fourth-order valence-corrected chi connectivity index (χ4v) is 3.18. The summed E-state index contributed by atoms with van der Waals surface area (Å²) < 4.78 is 0. The van der Waals surface area contributed by atoms with Gasteiger partial charge in [0.05, 0.1) is 0 Å². The number of hydrogen-bond donors (Lipinski definition) is 0. The highest BCUT2D eigenvalue weighted by atomic mass is 32.1. The first kappa shape index (κ1) is 14.7. The van der Waals surface area contributed by atoms with E-state index in [9.17, 15) is 9.59 Å². The highest BCUT2D eigenvalue weighted by Gasteiger charge is 2.28. The molecule has 22 heavy (non-hydrogen) atoms. The number of amides is 2. The van der Waals surface area contributed by atoms with E-state index < -0.39 is 0 Å². The van der Waals surface area contributed by atoms with Crippen LogP contribution >= 0.6 is 11.3 Å². The van der Waals surface area contributed by atoms with E-state index in [4.69, 9.17) is 0 Å². The fourth-order valence-electron chi connectivity index (χ4n) is 2.49. The van der Waals surface area contributed by atoms with E-state index in [-0.39, 0.29) is 18.4 Å². The van der Waals surface area contributed by atoms with Crippen LogP contribution in [0.5, 0.6) is 0 Å². The van der Waals surface area contributed by atoms with Crippen LogP contribution in [0.2, 0.25) is 0 Å². The summed E-state index contributed by atoms with van der Waals surface area (Å²) in [5.41, 5.74) is 1.14. The van der Waals surface area contributed by atoms with Crippen molar-refractivity contribution in [3.05, 3.63) is 47.5 Å². The third kappa shape index (κ3) is 3.33. The van der Waals surface area contributed by atoms with Gasteiger partial charge in [-0.25, -0.2) is 4.98 Å². The molecule has 0 unspecified atom stereocenters. The van der Waals surface area contributed by atoms with Gasteiger partial charge in [0.15, 0.2) is 5.13 Å². The quantitative estimate of drug-likeness (QED) is 0.866. The summed E-state index contributed by atoms with van der Waals surface area (Å²) in [6.45, 7) is 1.23. The minimum absolute atomic E-state index is 0.0380. The average Bonchev–Trinajstić information content (AvgIpc) is 3.07. The molecule has 0 spiro atoms. The Bertz CT molecular complexity index is 643. The van der Waals surface area contributed by atoms with Crippen LogP contribution in [0.1, 0.15) is 12.0 Å². The summed E-state index contributed by atoms with van der Waals surface area (Å²) in [7, 11) is 0. The molecule has 1 fully saturated rings. The summed E-state index contributed by atoms with van der Waals surface area (Å²) in [5.74, 6) is -0.0229. The molecule has 1 aliphatic heterocycles. The molecule has 1 saturated heterocycles. The number of nitrogens with zero attached hydrogens (tertiary/aromatic N) is 3. The Morgan fingerprint density at radius 2 is 2.05 bits per heavy atom. The first-order chi connectivity index (χ1) is 10.7. The Morgan fingerprint density at radius 1 is 1.23 bits per heavy atom. The summed E-state index contributed by atoms with van der Waals surface area (Å²) in [5, 5.41) is 2.56. The van der Waals surface area contributed by atoms with E-state index in [0.717, 1.165) is 5.56 Å². The van der Waals surface area contributed by atoms with Gasteiger partial charge in [-0.15, -0.1) is 11.3 Å². The molecule has 2 heterocycles. The molecule has 0 aliphatic carbocycles. The van der Waals surface area contributed by atoms with Crippen LogP contribution in [0.25, 0.3) is 0 Å². The lowest BCUT2D eigenvalue weighted by Gasteiger charge is -2.32. The summed E-state index contributed by atoms with van der Waals surface area (Å²) in [4.78, 5) is 31.9. The number of piperazine rings is 1. The van der Waals surface area contributed by atoms with Crippen molar-refractivity contribution in [3.63, 3.8) is 0 Å². The number of aryl methyl sites for hydroxylation is 1. The highest BCUT2D eigenvalue weighted by Crippen LogP contribution is 2.20. The van der Waals surface area contributed by atoms with Crippen molar-refractivity contribution >= 4 is 28.3 Å². The molecule has 1 aromatic heterocycles. The minimum atomic E-state index is -0.0609. The molecule has 1 aliphatic rings. The average molecular weight is 315 g/mol. The van der Waals surface area contributed by atoms with Crippen molar-refractivity contribution in [1.29, 1.82) is 0 Å². The van der Waals surface area contributed by atoms with Crippen LogP contribution in [0.4, 0.5) is 5.13 Å². The van der Waals surface area contributed by atoms with Gasteiger partial charge in [-0.3, -0.25) is 14.5 Å². The smallest absolute Gasteiger partial charge is 0.248 e. The maximum Gasteiger partial charge on any atom is 0.248 e. The second kappa shape index (κ2) is 6.70. The lowest BCUT2D eigenvalue weighted by Crippen LogP contribution is -2.52. The van der Waals surface area contributed by atoms with Crippen molar-refractivity contribution in [2.24, 2.45) is 0 Å². The van der Waals surface area contributed by atoms with Crippen molar-refractivity contribution < 1.29 is 9.59 Å². The van der Waals surface area contributed by atoms with E-state index in [1.54, 1.807) is 16.0 Å². The molecule has 3 rings (SSSR count). The Morgan fingerprint density at radius 3 is 2.73 bits per heavy atom. The molecule has 6 heteroatoms. The maximum absolute atomic E-state index is 12.3. The highest BCUT2D eigenvalue weighted by molar-refractivity contribution is 7.13. The molecule has 0 N–H and O–H groups in total. The molecule has 0 saturated carbocycles. The van der Waals surface area contributed by atoms with Gasteiger partial charge in [0.2, 0.25) is 11.8 Å². The van der Waals surface area contributed by atoms with Gasteiger partial charge in [-0.2, -0.15) is 0 Å². The first-order valence-electron chi connectivity index (χ1n) is 7.25. The van der Waals surface area contributed by atoms with Crippen molar-refractivity contribution in [2.45, 2.75) is 12.8 Å². The van der Waals surface area contributed by atoms with E-state index in [0.29, 0.717) is 31.1 Å². The molecule has 0 atom stereocenters. The Kier molecular flexibility index (Phi) is 4.48. The SMILES string of the molecule is O=C(CCc1ccccc1)N1CCN(c2nccs2)C(=O)C1.